The Bertz CT molecular complexity index is 692. The number of ether oxygens (including phenoxy) is 1. The number of rotatable bonds is 4. The first-order valence-corrected chi connectivity index (χ1v) is 11.0. The lowest BCUT2D eigenvalue weighted by molar-refractivity contribution is -0.141. The molecule has 28 heavy (non-hydrogen) atoms. The monoisotopic (exact) mass is 382 g/mol. The Morgan fingerprint density at radius 3 is 2.71 bits per heavy atom. The predicted molar refractivity (Wildman–Crippen MR) is 118 cm³/mol. The van der Waals surface area contributed by atoms with Crippen LogP contribution in [0.25, 0.3) is 0 Å². The van der Waals surface area contributed by atoms with E-state index in [0.29, 0.717) is 5.92 Å². The molecule has 1 heterocycles. The number of benzene rings is 1. The van der Waals surface area contributed by atoms with Crippen molar-refractivity contribution in [1.82, 2.24) is 0 Å². The number of carbonyl (C=O) groups is 1. The van der Waals surface area contributed by atoms with E-state index in [0.717, 1.165) is 44.9 Å². The van der Waals surface area contributed by atoms with Gasteiger partial charge in [0.1, 0.15) is 6.10 Å². The minimum absolute atomic E-state index is 0.110. The van der Waals surface area contributed by atoms with Crippen LogP contribution < -0.4 is 0 Å². The van der Waals surface area contributed by atoms with E-state index in [2.05, 4.69) is 65.0 Å². The zero-order chi connectivity index (χ0) is 20.6. The molecule has 2 heteroatoms. The van der Waals surface area contributed by atoms with Gasteiger partial charge in [-0.05, 0) is 73.5 Å². The van der Waals surface area contributed by atoms with Gasteiger partial charge in [0, 0.05) is 6.08 Å². The van der Waals surface area contributed by atoms with Crippen LogP contribution in [0, 0.1) is 5.92 Å². The molecular formula is C26H38O2. The smallest absolute Gasteiger partial charge is 0.331 e. The van der Waals surface area contributed by atoms with Crippen LogP contribution in [-0.2, 0) is 21.4 Å². The van der Waals surface area contributed by atoms with E-state index in [9.17, 15) is 4.79 Å². The van der Waals surface area contributed by atoms with Crippen molar-refractivity contribution in [2.75, 3.05) is 0 Å². The third-order valence-electron chi connectivity index (χ3n) is 6.15. The molecule has 0 amide bonds. The largest absolute Gasteiger partial charge is 0.455 e. The average molecular weight is 383 g/mol. The molecule has 2 nitrogen and oxygen atoms in total. The van der Waals surface area contributed by atoms with Crippen LogP contribution in [0.4, 0.5) is 0 Å². The average Bonchev–Trinajstić information content (AvgIpc) is 2.67. The van der Waals surface area contributed by atoms with E-state index in [1.807, 2.05) is 6.08 Å². The molecule has 0 fully saturated rings. The molecule has 1 aliphatic heterocycles. The van der Waals surface area contributed by atoms with Crippen molar-refractivity contribution in [3.05, 3.63) is 59.2 Å². The van der Waals surface area contributed by atoms with E-state index in [1.165, 1.54) is 16.7 Å². The summed E-state index contributed by atoms with van der Waals surface area (Å²) in [5, 5.41) is 0. The number of esters is 1. The molecule has 0 aromatic heterocycles. The van der Waals surface area contributed by atoms with Crippen molar-refractivity contribution < 1.29 is 9.53 Å². The summed E-state index contributed by atoms with van der Waals surface area (Å²) in [5.74, 6) is 0.335. The molecule has 1 aromatic carbocycles. The highest BCUT2D eigenvalue weighted by molar-refractivity contribution is 5.82. The third kappa shape index (κ3) is 6.65. The molecule has 1 atom stereocenters. The van der Waals surface area contributed by atoms with E-state index in [-0.39, 0.29) is 17.5 Å². The lowest BCUT2D eigenvalue weighted by Crippen LogP contribution is -2.21. The molecule has 1 aromatic rings. The number of fused-ring (bicyclic) bond motifs is 2. The molecule has 0 aliphatic carbocycles. The van der Waals surface area contributed by atoms with E-state index in [1.54, 1.807) is 6.08 Å². The van der Waals surface area contributed by atoms with Crippen LogP contribution in [-0.4, -0.2) is 12.1 Å². The van der Waals surface area contributed by atoms with Crippen molar-refractivity contribution >= 4 is 5.97 Å². The fraction of sp³-hybridized carbons (Fsp3) is 0.577. The summed E-state index contributed by atoms with van der Waals surface area (Å²) < 4.78 is 5.86. The number of hydrogen-bond acceptors (Lipinski definition) is 2. The lowest BCUT2D eigenvalue weighted by atomic mass is 9.79. The number of carbonyl (C=O) groups excluding carboxylic acids is 1. The normalized spacial score (nSPS) is 21.3. The van der Waals surface area contributed by atoms with Crippen molar-refractivity contribution in [1.29, 1.82) is 0 Å². The van der Waals surface area contributed by atoms with Gasteiger partial charge in [-0.2, -0.15) is 0 Å². The minimum Gasteiger partial charge on any atom is -0.455 e. The summed E-state index contributed by atoms with van der Waals surface area (Å²) in [6.45, 7) is 11.2. The Kier molecular flexibility index (Phi) is 8.54. The predicted octanol–water partition coefficient (Wildman–Crippen LogP) is 6.93. The standard InChI is InChI=1S/C26H38O2/c1-6-21(7-2)18-20(3)24-15-8-9-17-26(4,5)23-14-10-12-22(19-23)13-11-16-25(27)28-24/h10-12,14,16,18-19,21,24H,6-9,13,15,17H2,1-5H3/b16-11?,20-18-/t24-/m0/s1. The Morgan fingerprint density at radius 1 is 1.25 bits per heavy atom. The maximum absolute atomic E-state index is 12.4. The van der Waals surface area contributed by atoms with Crippen molar-refractivity contribution in [2.45, 2.75) is 91.1 Å². The van der Waals surface area contributed by atoms with Gasteiger partial charge in [-0.15, -0.1) is 0 Å². The third-order valence-corrected chi connectivity index (χ3v) is 6.15. The van der Waals surface area contributed by atoms with Gasteiger partial charge in [0.15, 0.2) is 0 Å². The molecule has 0 saturated carbocycles. The number of allylic oxidation sites excluding steroid dienone is 2. The molecule has 0 saturated heterocycles. The fourth-order valence-corrected chi connectivity index (χ4v) is 4.01. The topological polar surface area (TPSA) is 26.3 Å². The summed E-state index contributed by atoms with van der Waals surface area (Å²) in [6, 6.07) is 8.78. The molecule has 0 radical (unpaired) electrons. The second-order valence-electron chi connectivity index (χ2n) is 8.85. The highest BCUT2D eigenvalue weighted by Crippen LogP contribution is 2.31. The fourth-order valence-electron chi connectivity index (χ4n) is 4.01. The van der Waals surface area contributed by atoms with Crippen molar-refractivity contribution in [2.24, 2.45) is 5.92 Å². The van der Waals surface area contributed by atoms with Gasteiger partial charge >= 0.3 is 5.97 Å². The summed E-state index contributed by atoms with van der Waals surface area (Å²) in [6.07, 6.45) is 13.0. The lowest BCUT2D eigenvalue weighted by Gasteiger charge is -2.27. The van der Waals surface area contributed by atoms with E-state index < -0.39 is 0 Å². The molecule has 2 bridgehead atoms. The SMILES string of the molecule is CCC(/C=C(/C)[C@@H]1CCCCC(C)(C)c2cccc(c2)CC=CC(=O)O1)CC. The van der Waals surface area contributed by atoms with Crippen LogP contribution >= 0.6 is 0 Å². The van der Waals surface area contributed by atoms with Crippen molar-refractivity contribution in [3.8, 4) is 0 Å². The second kappa shape index (κ2) is 10.6. The van der Waals surface area contributed by atoms with Gasteiger partial charge in [-0.1, -0.05) is 70.5 Å². The van der Waals surface area contributed by atoms with Crippen LogP contribution in [0.1, 0.15) is 84.3 Å². The Labute approximate surface area is 172 Å². The van der Waals surface area contributed by atoms with Crippen molar-refractivity contribution in [3.63, 3.8) is 0 Å². The quantitative estimate of drug-likeness (QED) is 0.417. The van der Waals surface area contributed by atoms with E-state index >= 15 is 0 Å². The highest BCUT2D eigenvalue weighted by Gasteiger charge is 2.22. The summed E-state index contributed by atoms with van der Waals surface area (Å²) in [4.78, 5) is 12.4. The number of hydrogen-bond donors (Lipinski definition) is 0. The van der Waals surface area contributed by atoms with Crippen LogP contribution in [0.15, 0.2) is 48.1 Å². The van der Waals surface area contributed by atoms with Gasteiger partial charge in [-0.25, -0.2) is 4.79 Å². The summed E-state index contributed by atoms with van der Waals surface area (Å²) in [5.41, 5.74) is 4.00. The van der Waals surface area contributed by atoms with Crippen LogP contribution in [0.2, 0.25) is 0 Å². The summed E-state index contributed by atoms with van der Waals surface area (Å²) >= 11 is 0. The first-order valence-electron chi connectivity index (χ1n) is 11.0. The maximum Gasteiger partial charge on any atom is 0.331 e. The van der Waals surface area contributed by atoms with Gasteiger partial charge in [-0.3, -0.25) is 0 Å². The Balaban J connectivity index is 2.21. The Morgan fingerprint density at radius 2 is 2.00 bits per heavy atom. The van der Waals surface area contributed by atoms with Crippen LogP contribution in [0.5, 0.6) is 0 Å². The summed E-state index contributed by atoms with van der Waals surface area (Å²) in [7, 11) is 0. The molecule has 1 aliphatic rings. The molecule has 0 spiro atoms. The molecule has 2 rings (SSSR count). The van der Waals surface area contributed by atoms with Gasteiger partial charge in [0.25, 0.3) is 0 Å². The zero-order valence-electron chi connectivity index (χ0n) is 18.5. The molecule has 0 unspecified atom stereocenters. The maximum atomic E-state index is 12.4. The van der Waals surface area contributed by atoms with E-state index in [4.69, 9.17) is 4.74 Å². The first kappa shape index (κ1) is 22.5. The number of cyclic esters (lactones) is 1. The zero-order valence-corrected chi connectivity index (χ0v) is 18.5. The molecule has 0 N–H and O–H groups in total. The highest BCUT2D eigenvalue weighted by atomic mass is 16.5. The van der Waals surface area contributed by atoms with Crippen LogP contribution in [0.3, 0.4) is 0 Å². The molecule has 154 valence electrons. The minimum atomic E-state index is -0.226. The molecular weight excluding hydrogens is 344 g/mol. The Hall–Kier alpha value is -1.83. The second-order valence-corrected chi connectivity index (χ2v) is 8.85. The first-order chi connectivity index (χ1) is 13.4. The van der Waals surface area contributed by atoms with Gasteiger partial charge < -0.3 is 4.74 Å². The van der Waals surface area contributed by atoms with Gasteiger partial charge in [0.05, 0.1) is 0 Å². The van der Waals surface area contributed by atoms with Gasteiger partial charge in [0.2, 0.25) is 0 Å².